The minimum absolute atomic E-state index is 0.172. The van der Waals surface area contributed by atoms with Crippen molar-refractivity contribution in [1.29, 1.82) is 0 Å². The Balaban J connectivity index is 1.36. The SMILES string of the molecule is NC(=O)[C@H](CCc1ccccc1)NC(=O)CCCOc1cc(-c2cccnc2)nn1-c1ccc(Cl)c(Cl)c1. The van der Waals surface area contributed by atoms with E-state index in [2.05, 4.69) is 15.4 Å². The molecule has 4 aromatic rings. The summed E-state index contributed by atoms with van der Waals surface area (Å²) in [4.78, 5) is 28.5. The molecule has 0 unspecified atom stereocenters. The summed E-state index contributed by atoms with van der Waals surface area (Å²) in [6, 6.07) is 19.7. The van der Waals surface area contributed by atoms with E-state index < -0.39 is 11.9 Å². The predicted molar refractivity (Wildman–Crippen MR) is 147 cm³/mol. The van der Waals surface area contributed by atoms with Gasteiger partial charge in [-0.3, -0.25) is 14.6 Å². The number of aromatic nitrogens is 3. The van der Waals surface area contributed by atoms with Crippen molar-refractivity contribution < 1.29 is 14.3 Å². The van der Waals surface area contributed by atoms with Crippen LogP contribution in [0.5, 0.6) is 5.88 Å². The van der Waals surface area contributed by atoms with E-state index in [4.69, 9.17) is 33.7 Å². The maximum Gasteiger partial charge on any atom is 0.240 e. The summed E-state index contributed by atoms with van der Waals surface area (Å²) in [5.41, 5.74) is 8.75. The van der Waals surface area contributed by atoms with Gasteiger partial charge in [-0.15, -0.1) is 0 Å². The minimum Gasteiger partial charge on any atom is -0.478 e. The van der Waals surface area contributed by atoms with Crippen molar-refractivity contribution in [3.05, 3.63) is 94.7 Å². The van der Waals surface area contributed by atoms with Gasteiger partial charge >= 0.3 is 0 Å². The van der Waals surface area contributed by atoms with Gasteiger partial charge in [-0.25, -0.2) is 4.68 Å². The molecule has 0 bridgehead atoms. The van der Waals surface area contributed by atoms with E-state index in [1.165, 1.54) is 0 Å². The van der Waals surface area contributed by atoms with Crippen LogP contribution in [0.1, 0.15) is 24.8 Å². The van der Waals surface area contributed by atoms with Crippen molar-refractivity contribution in [2.45, 2.75) is 31.7 Å². The fraction of sp³-hybridized carbons (Fsp3) is 0.214. The van der Waals surface area contributed by atoms with Gasteiger partial charge in [0.15, 0.2) is 0 Å². The average molecular weight is 552 g/mol. The first kappa shape index (κ1) is 27.2. The Kier molecular flexibility index (Phi) is 9.35. The van der Waals surface area contributed by atoms with Crippen LogP contribution >= 0.6 is 23.2 Å². The second kappa shape index (κ2) is 13.1. The number of nitrogens with one attached hydrogen (secondary N) is 1. The fourth-order valence-corrected chi connectivity index (χ4v) is 4.13. The first-order valence-electron chi connectivity index (χ1n) is 12.1. The lowest BCUT2D eigenvalue weighted by Gasteiger charge is -2.15. The molecule has 0 saturated carbocycles. The molecular weight excluding hydrogens is 525 g/mol. The van der Waals surface area contributed by atoms with Crippen molar-refractivity contribution in [3.63, 3.8) is 0 Å². The van der Waals surface area contributed by atoms with Crippen molar-refractivity contribution in [1.82, 2.24) is 20.1 Å². The van der Waals surface area contributed by atoms with E-state index in [1.807, 2.05) is 42.5 Å². The molecule has 0 aliphatic rings. The number of rotatable bonds is 12. The summed E-state index contributed by atoms with van der Waals surface area (Å²) < 4.78 is 7.63. The number of carbonyl (C=O) groups excluding carboxylic acids is 2. The van der Waals surface area contributed by atoms with E-state index in [0.717, 1.165) is 11.1 Å². The Bertz CT molecular complexity index is 1380. The Morgan fingerprint density at radius 2 is 1.84 bits per heavy atom. The van der Waals surface area contributed by atoms with Gasteiger partial charge in [-0.05, 0) is 55.2 Å². The van der Waals surface area contributed by atoms with E-state index >= 15 is 0 Å². The zero-order valence-corrected chi connectivity index (χ0v) is 22.0. The largest absolute Gasteiger partial charge is 0.478 e. The molecule has 0 aliphatic heterocycles. The molecule has 0 aliphatic carbocycles. The molecule has 196 valence electrons. The van der Waals surface area contributed by atoms with Crippen molar-refractivity contribution >= 4 is 35.0 Å². The number of pyridine rings is 1. The number of aryl methyl sites for hydroxylation is 1. The summed E-state index contributed by atoms with van der Waals surface area (Å²) in [5.74, 6) is -0.348. The molecule has 3 N–H and O–H groups in total. The van der Waals surface area contributed by atoms with Crippen LogP contribution in [0.3, 0.4) is 0 Å². The van der Waals surface area contributed by atoms with Gasteiger partial charge in [0.1, 0.15) is 6.04 Å². The molecule has 1 atom stereocenters. The van der Waals surface area contributed by atoms with Crippen LogP contribution in [0.25, 0.3) is 16.9 Å². The third kappa shape index (κ3) is 7.34. The Labute approximate surface area is 230 Å². The fourth-order valence-electron chi connectivity index (χ4n) is 3.84. The molecule has 4 rings (SSSR count). The first-order chi connectivity index (χ1) is 18.4. The molecule has 0 radical (unpaired) electrons. The molecule has 8 nitrogen and oxygen atoms in total. The number of primary amides is 1. The first-order valence-corrected chi connectivity index (χ1v) is 12.9. The lowest BCUT2D eigenvalue weighted by atomic mass is 10.0. The maximum atomic E-state index is 12.5. The highest BCUT2D eigenvalue weighted by atomic mass is 35.5. The molecule has 38 heavy (non-hydrogen) atoms. The van der Waals surface area contributed by atoms with Crippen LogP contribution in [0.2, 0.25) is 10.0 Å². The van der Waals surface area contributed by atoms with Crippen LogP contribution in [0, 0.1) is 0 Å². The lowest BCUT2D eigenvalue weighted by molar-refractivity contribution is -0.127. The van der Waals surface area contributed by atoms with Crippen molar-refractivity contribution in [2.75, 3.05) is 6.61 Å². The number of benzene rings is 2. The molecule has 2 heterocycles. The number of nitrogens with two attached hydrogens (primary N) is 1. The quantitative estimate of drug-likeness (QED) is 0.240. The highest BCUT2D eigenvalue weighted by molar-refractivity contribution is 6.42. The Morgan fingerprint density at radius 1 is 1.03 bits per heavy atom. The minimum atomic E-state index is -0.734. The van der Waals surface area contributed by atoms with E-state index in [9.17, 15) is 9.59 Å². The number of hydrogen-bond donors (Lipinski definition) is 2. The van der Waals surface area contributed by atoms with E-state index in [0.29, 0.717) is 46.6 Å². The van der Waals surface area contributed by atoms with Gasteiger partial charge in [-0.1, -0.05) is 53.5 Å². The number of halogens is 2. The van der Waals surface area contributed by atoms with Gasteiger partial charge in [0.25, 0.3) is 0 Å². The second-order valence-corrected chi connectivity index (χ2v) is 9.43. The number of ether oxygens (including phenoxy) is 1. The number of amides is 2. The molecule has 0 fully saturated rings. The second-order valence-electron chi connectivity index (χ2n) is 8.62. The highest BCUT2D eigenvalue weighted by Gasteiger charge is 2.18. The Hall–Kier alpha value is -3.88. The molecule has 2 amide bonds. The zero-order chi connectivity index (χ0) is 26.9. The van der Waals surface area contributed by atoms with Gasteiger partial charge in [0, 0.05) is 30.4 Å². The number of nitrogens with zero attached hydrogens (tertiary/aromatic N) is 3. The summed E-state index contributed by atoms with van der Waals surface area (Å²) in [6.45, 7) is 0.248. The monoisotopic (exact) mass is 551 g/mol. The lowest BCUT2D eigenvalue weighted by Crippen LogP contribution is -2.44. The van der Waals surface area contributed by atoms with E-state index in [-0.39, 0.29) is 18.9 Å². The highest BCUT2D eigenvalue weighted by Crippen LogP contribution is 2.29. The van der Waals surface area contributed by atoms with Crippen molar-refractivity contribution in [3.8, 4) is 22.8 Å². The molecule has 2 aromatic carbocycles. The molecule has 2 aromatic heterocycles. The molecule has 0 spiro atoms. The summed E-state index contributed by atoms with van der Waals surface area (Å²) in [6.07, 6.45) is 5.06. The number of hydrogen-bond acceptors (Lipinski definition) is 5. The average Bonchev–Trinajstić information content (AvgIpc) is 3.35. The van der Waals surface area contributed by atoms with Crippen LogP contribution in [-0.2, 0) is 16.0 Å². The topological polar surface area (TPSA) is 112 Å². The summed E-state index contributed by atoms with van der Waals surface area (Å²) in [7, 11) is 0. The van der Waals surface area contributed by atoms with Crippen molar-refractivity contribution in [2.24, 2.45) is 5.73 Å². The maximum absolute atomic E-state index is 12.5. The Morgan fingerprint density at radius 3 is 2.55 bits per heavy atom. The van der Waals surface area contributed by atoms with Crippen LogP contribution in [0.4, 0.5) is 0 Å². The molecule has 10 heteroatoms. The van der Waals surface area contributed by atoms with Crippen LogP contribution < -0.4 is 15.8 Å². The van der Waals surface area contributed by atoms with Gasteiger partial charge in [0.2, 0.25) is 17.7 Å². The third-order valence-electron chi connectivity index (χ3n) is 5.82. The molecular formula is C28H27Cl2N5O3. The van der Waals surface area contributed by atoms with E-state index in [1.54, 1.807) is 41.3 Å². The normalized spacial score (nSPS) is 11.6. The number of carbonyl (C=O) groups is 2. The third-order valence-corrected chi connectivity index (χ3v) is 6.56. The standard InChI is InChI=1S/C28H27Cl2N5O3/c29-22-12-11-21(16-23(22)30)35-27(17-25(34-35)20-8-4-14-32-18-20)38-15-5-9-26(36)33-24(28(31)37)13-10-19-6-2-1-3-7-19/h1-4,6-8,11-12,14,16-18,24H,5,9-10,13,15H2,(H2,31,37)(H,33,36)/t24-/m0/s1. The zero-order valence-electron chi connectivity index (χ0n) is 20.5. The smallest absolute Gasteiger partial charge is 0.240 e. The summed E-state index contributed by atoms with van der Waals surface area (Å²) >= 11 is 12.3. The van der Waals surface area contributed by atoms with Crippen LogP contribution in [0.15, 0.2) is 79.1 Å². The van der Waals surface area contributed by atoms with Crippen LogP contribution in [-0.4, -0.2) is 39.2 Å². The van der Waals surface area contributed by atoms with Gasteiger partial charge < -0.3 is 15.8 Å². The van der Waals surface area contributed by atoms with Gasteiger partial charge in [-0.2, -0.15) is 5.10 Å². The summed E-state index contributed by atoms with van der Waals surface area (Å²) in [5, 5.41) is 8.22. The van der Waals surface area contributed by atoms with Gasteiger partial charge in [0.05, 0.1) is 28.0 Å². The molecule has 0 saturated heterocycles. The predicted octanol–water partition coefficient (Wildman–Crippen LogP) is 5.00.